The van der Waals surface area contributed by atoms with Crippen molar-refractivity contribution >= 4 is 0 Å². The zero-order chi connectivity index (χ0) is 12.5. The van der Waals surface area contributed by atoms with Gasteiger partial charge in [-0.1, -0.05) is 39.5 Å². The summed E-state index contributed by atoms with van der Waals surface area (Å²) in [6, 6.07) is 0.793. The van der Waals surface area contributed by atoms with Gasteiger partial charge in [0.05, 0.1) is 0 Å². The van der Waals surface area contributed by atoms with Crippen LogP contribution in [0.2, 0.25) is 0 Å². The number of rotatable bonds is 8. The van der Waals surface area contributed by atoms with Gasteiger partial charge in [-0.15, -0.1) is 0 Å². The van der Waals surface area contributed by atoms with Gasteiger partial charge in [-0.2, -0.15) is 0 Å². The molecule has 1 fully saturated rings. The van der Waals surface area contributed by atoms with Crippen molar-refractivity contribution in [2.75, 3.05) is 26.7 Å². The van der Waals surface area contributed by atoms with Crippen LogP contribution >= 0.6 is 0 Å². The van der Waals surface area contributed by atoms with Crippen LogP contribution in [0.25, 0.3) is 0 Å². The summed E-state index contributed by atoms with van der Waals surface area (Å²) < 4.78 is 0. The van der Waals surface area contributed by atoms with Crippen molar-refractivity contribution in [3.8, 4) is 0 Å². The first-order chi connectivity index (χ1) is 8.18. The lowest BCUT2D eigenvalue weighted by Gasteiger charge is -2.29. The third kappa shape index (κ3) is 7.77. The molecule has 0 atom stereocenters. The Balaban J connectivity index is 1.84. The van der Waals surface area contributed by atoms with Crippen LogP contribution in [0.15, 0.2) is 0 Å². The van der Waals surface area contributed by atoms with Crippen LogP contribution in [-0.4, -0.2) is 37.6 Å². The lowest BCUT2D eigenvalue weighted by molar-refractivity contribution is 0.234. The molecule has 102 valence electrons. The quantitative estimate of drug-likeness (QED) is 0.655. The van der Waals surface area contributed by atoms with Crippen LogP contribution in [0.1, 0.15) is 58.8 Å². The number of unbranched alkanes of at least 4 members (excludes halogenated alkanes) is 3. The van der Waals surface area contributed by atoms with Crippen LogP contribution in [0.4, 0.5) is 0 Å². The van der Waals surface area contributed by atoms with Crippen molar-refractivity contribution in [3.63, 3.8) is 0 Å². The van der Waals surface area contributed by atoms with Gasteiger partial charge in [0.1, 0.15) is 0 Å². The van der Waals surface area contributed by atoms with E-state index in [2.05, 4.69) is 31.1 Å². The average Bonchev–Trinajstić information content (AvgIpc) is 2.30. The molecule has 0 bridgehead atoms. The third-order valence-corrected chi connectivity index (χ3v) is 3.86. The molecule has 0 aromatic rings. The van der Waals surface area contributed by atoms with Gasteiger partial charge in [0.15, 0.2) is 0 Å². The minimum Gasteiger partial charge on any atom is -0.314 e. The molecular weight excluding hydrogens is 208 g/mol. The maximum absolute atomic E-state index is 3.72. The zero-order valence-corrected chi connectivity index (χ0v) is 12.2. The number of nitrogens with zero attached hydrogens (tertiary/aromatic N) is 1. The fourth-order valence-electron chi connectivity index (χ4n) is 2.55. The molecule has 1 aliphatic rings. The van der Waals surface area contributed by atoms with Crippen LogP contribution in [0.3, 0.4) is 0 Å². The number of piperidine rings is 1. The average molecular weight is 240 g/mol. The van der Waals surface area contributed by atoms with E-state index in [1.165, 1.54) is 64.6 Å². The Bertz CT molecular complexity index is 172. The van der Waals surface area contributed by atoms with Gasteiger partial charge in [-0.25, -0.2) is 0 Å². The molecule has 0 saturated carbocycles. The van der Waals surface area contributed by atoms with E-state index in [1.807, 2.05) is 0 Å². The summed E-state index contributed by atoms with van der Waals surface area (Å²) in [5.41, 5.74) is 0. The molecule has 1 heterocycles. The third-order valence-electron chi connectivity index (χ3n) is 3.86. The topological polar surface area (TPSA) is 15.3 Å². The molecule has 0 spiro atoms. The molecule has 0 aromatic heterocycles. The highest BCUT2D eigenvalue weighted by Crippen LogP contribution is 2.10. The fraction of sp³-hybridized carbons (Fsp3) is 1.00. The van der Waals surface area contributed by atoms with Crippen molar-refractivity contribution in [1.82, 2.24) is 10.2 Å². The second-order valence-corrected chi connectivity index (χ2v) is 6.13. The minimum atomic E-state index is 0.793. The van der Waals surface area contributed by atoms with Crippen molar-refractivity contribution in [1.29, 1.82) is 0 Å². The highest BCUT2D eigenvalue weighted by Gasteiger charge is 2.15. The lowest BCUT2D eigenvalue weighted by Crippen LogP contribution is -2.41. The summed E-state index contributed by atoms with van der Waals surface area (Å²) in [5.74, 6) is 0.882. The number of likely N-dealkylation sites (tertiary alicyclic amines) is 1. The Morgan fingerprint density at radius 1 is 1.06 bits per heavy atom. The summed E-state index contributed by atoms with van der Waals surface area (Å²) in [5, 5.41) is 3.72. The largest absolute Gasteiger partial charge is 0.314 e. The lowest BCUT2D eigenvalue weighted by atomic mass is 10.0. The van der Waals surface area contributed by atoms with E-state index in [0.717, 1.165) is 12.0 Å². The van der Waals surface area contributed by atoms with E-state index in [0.29, 0.717) is 0 Å². The van der Waals surface area contributed by atoms with E-state index in [-0.39, 0.29) is 0 Å². The SMILES string of the molecule is CC(C)CCCCCCNC1CCN(C)CC1. The fourth-order valence-corrected chi connectivity index (χ4v) is 2.55. The summed E-state index contributed by atoms with van der Waals surface area (Å²) in [4.78, 5) is 2.43. The monoisotopic (exact) mass is 240 g/mol. The van der Waals surface area contributed by atoms with Crippen LogP contribution in [0, 0.1) is 5.92 Å². The molecule has 1 N–H and O–H groups in total. The van der Waals surface area contributed by atoms with Gasteiger partial charge in [0.2, 0.25) is 0 Å². The minimum absolute atomic E-state index is 0.793. The van der Waals surface area contributed by atoms with Gasteiger partial charge in [0.25, 0.3) is 0 Å². The van der Waals surface area contributed by atoms with E-state index < -0.39 is 0 Å². The smallest absolute Gasteiger partial charge is 0.00914 e. The van der Waals surface area contributed by atoms with Gasteiger partial charge in [-0.05, 0) is 51.9 Å². The Morgan fingerprint density at radius 2 is 1.71 bits per heavy atom. The highest BCUT2D eigenvalue weighted by atomic mass is 15.1. The Hall–Kier alpha value is -0.0800. The summed E-state index contributed by atoms with van der Waals surface area (Å²) in [6.45, 7) is 8.41. The molecular formula is C15H32N2. The molecule has 2 nitrogen and oxygen atoms in total. The molecule has 0 unspecified atom stereocenters. The summed E-state index contributed by atoms with van der Waals surface area (Å²) >= 11 is 0. The van der Waals surface area contributed by atoms with Gasteiger partial charge in [0, 0.05) is 6.04 Å². The van der Waals surface area contributed by atoms with E-state index in [4.69, 9.17) is 0 Å². The molecule has 0 aromatic carbocycles. The maximum atomic E-state index is 3.72. The molecule has 0 aliphatic carbocycles. The van der Waals surface area contributed by atoms with Crippen molar-refractivity contribution in [2.45, 2.75) is 64.8 Å². The predicted octanol–water partition coefficient (Wildman–Crippen LogP) is 3.28. The molecule has 0 radical (unpaired) electrons. The van der Waals surface area contributed by atoms with Gasteiger partial charge >= 0.3 is 0 Å². The molecule has 1 rings (SSSR count). The Labute approximate surface area is 108 Å². The predicted molar refractivity (Wildman–Crippen MR) is 76.4 cm³/mol. The van der Waals surface area contributed by atoms with Crippen molar-refractivity contribution < 1.29 is 0 Å². The van der Waals surface area contributed by atoms with Crippen LogP contribution in [0.5, 0.6) is 0 Å². The second-order valence-electron chi connectivity index (χ2n) is 6.13. The normalized spacial score (nSPS) is 19.1. The van der Waals surface area contributed by atoms with Crippen LogP contribution in [-0.2, 0) is 0 Å². The van der Waals surface area contributed by atoms with Crippen molar-refractivity contribution in [2.24, 2.45) is 5.92 Å². The molecule has 1 saturated heterocycles. The Kier molecular flexibility index (Phi) is 7.87. The van der Waals surface area contributed by atoms with E-state index in [1.54, 1.807) is 0 Å². The number of hydrogen-bond acceptors (Lipinski definition) is 2. The first-order valence-corrected chi connectivity index (χ1v) is 7.60. The second kappa shape index (κ2) is 8.93. The Morgan fingerprint density at radius 3 is 2.35 bits per heavy atom. The summed E-state index contributed by atoms with van der Waals surface area (Å²) in [7, 11) is 2.23. The first-order valence-electron chi connectivity index (χ1n) is 7.60. The van der Waals surface area contributed by atoms with Gasteiger partial charge < -0.3 is 10.2 Å². The number of hydrogen-bond donors (Lipinski definition) is 1. The first kappa shape index (κ1) is 15.0. The maximum Gasteiger partial charge on any atom is 0.00914 e. The molecule has 0 amide bonds. The van der Waals surface area contributed by atoms with E-state index in [9.17, 15) is 0 Å². The molecule has 17 heavy (non-hydrogen) atoms. The zero-order valence-electron chi connectivity index (χ0n) is 12.2. The standard InChI is InChI=1S/C15H32N2/c1-14(2)8-6-4-5-7-11-16-15-9-12-17(3)13-10-15/h14-16H,4-13H2,1-3H3. The molecule has 1 aliphatic heterocycles. The molecule has 2 heteroatoms. The highest BCUT2D eigenvalue weighted by molar-refractivity contribution is 4.75. The van der Waals surface area contributed by atoms with Gasteiger partial charge in [-0.3, -0.25) is 0 Å². The van der Waals surface area contributed by atoms with E-state index >= 15 is 0 Å². The number of nitrogens with one attached hydrogen (secondary N) is 1. The van der Waals surface area contributed by atoms with Crippen LogP contribution < -0.4 is 5.32 Å². The van der Waals surface area contributed by atoms with Crippen molar-refractivity contribution in [3.05, 3.63) is 0 Å². The summed E-state index contributed by atoms with van der Waals surface area (Å²) in [6.07, 6.45) is 9.70.